The van der Waals surface area contributed by atoms with Gasteiger partial charge in [0.2, 0.25) is 10.0 Å². The molecule has 1 atom stereocenters. The minimum absolute atomic E-state index is 0.00532. The molecule has 0 aromatic carbocycles. The molecule has 1 amide bonds. The molecule has 2 aliphatic rings. The Kier molecular flexibility index (Phi) is 13.0. The predicted octanol–water partition coefficient (Wildman–Crippen LogP) is 4.77. The average molecular weight is 569 g/mol. The molecule has 0 spiro atoms. The van der Waals surface area contributed by atoms with Gasteiger partial charge in [0.05, 0.1) is 11.8 Å². The van der Waals surface area contributed by atoms with E-state index in [4.69, 9.17) is 4.74 Å². The van der Waals surface area contributed by atoms with Crippen LogP contribution in [0.2, 0.25) is 0 Å². The maximum absolute atomic E-state index is 13.1. The zero-order chi connectivity index (χ0) is 28.3. The Morgan fingerprint density at radius 2 is 1.72 bits per heavy atom. The van der Waals surface area contributed by atoms with Crippen molar-refractivity contribution >= 4 is 16.1 Å². The molecule has 1 N–H and O–H groups in total. The van der Waals surface area contributed by atoms with Gasteiger partial charge < -0.3 is 14.5 Å². The topological polar surface area (TPSA) is 110 Å². The molecule has 2 aliphatic carbocycles. The third kappa shape index (κ3) is 10.3. The summed E-state index contributed by atoms with van der Waals surface area (Å²) in [6, 6.07) is -0.271. The highest BCUT2D eigenvalue weighted by Crippen LogP contribution is 2.30. The van der Waals surface area contributed by atoms with Gasteiger partial charge >= 0.3 is 6.09 Å². The van der Waals surface area contributed by atoms with Crippen LogP contribution in [-0.4, -0.2) is 77.6 Å². The SMILES string of the molecule is CCN(CC)CCCS(=O)(=O)N[C@H](CCC1CCCCC1)c1nc(COC(=O)N(C)C2CCCCC2)n(C)n1. The first-order valence-electron chi connectivity index (χ1n) is 15.2. The van der Waals surface area contributed by atoms with E-state index < -0.39 is 16.1 Å². The molecule has 0 aliphatic heterocycles. The monoisotopic (exact) mass is 568 g/mol. The summed E-state index contributed by atoms with van der Waals surface area (Å²) in [5.74, 6) is 1.66. The smallest absolute Gasteiger partial charge is 0.410 e. The molecular weight excluding hydrogens is 516 g/mol. The van der Waals surface area contributed by atoms with Crippen LogP contribution in [0.15, 0.2) is 0 Å². The molecule has 11 heteroatoms. The molecule has 0 radical (unpaired) electrons. The minimum atomic E-state index is -3.50. The second kappa shape index (κ2) is 15.9. The van der Waals surface area contributed by atoms with Crippen molar-refractivity contribution in [3.05, 3.63) is 11.6 Å². The maximum atomic E-state index is 13.1. The molecular formula is C28H52N6O4S. The number of hydrogen-bond acceptors (Lipinski definition) is 7. The minimum Gasteiger partial charge on any atom is -0.441 e. The fraction of sp³-hybridized carbons (Fsp3) is 0.893. The van der Waals surface area contributed by atoms with E-state index in [1.54, 1.807) is 23.7 Å². The lowest BCUT2D eigenvalue weighted by atomic mass is 9.85. The normalized spacial score (nSPS) is 18.4. The van der Waals surface area contributed by atoms with Crippen molar-refractivity contribution in [3.8, 4) is 0 Å². The Balaban J connectivity index is 1.64. The summed E-state index contributed by atoms with van der Waals surface area (Å²) in [5.41, 5.74) is 0. The van der Waals surface area contributed by atoms with Crippen molar-refractivity contribution in [1.29, 1.82) is 0 Å². The molecule has 39 heavy (non-hydrogen) atoms. The Morgan fingerprint density at radius 1 is 1.08 bits per heavy atom. The Hall–Kier alpha value is -1.72. The van der Waals surface area contributed by atoms with Gasteiger partial charge in [-0.1, -0.05) is 65.2 Å². The summed E-state index contributed by atoms with van der Waals surface area (Å²) in [5, 5.41) is 4.57. The van der Waals surface area contributed by atoms with Gasteiger partial charge in [-0.2, -0.15) is 5.10 Å². The summed E-state index contributed by atoms with van der Waals surface area (Å²) < 4.78 is 36.3. The molecule has 0 saturated heterocycles. The van der Waals surface area contributed by atoms with E-state index in [0.717, 1.165) is 51.7 Å². The summed E-state index contributed by atoms with van der Waals surface area (Å²) in [6.45, 7) is 6.77. The first-order chi connectivity index (χ1) is 18.7. The Morgan fingerprint density at radius 3 is 2.36 bits per heavy atom. The lowest BCUT2D eigenvalue weighted by Crippen LogP contribution is -2.38. The van der Waals surface area contributed by atoms with E-state index in [9.17, 15) is 13.2 Å². The van der Waals surface area contributed by atoms with Gasteiger partial charge in [-0.25, -0.2) is 27.6 Å². The van der Waals surface area contributed by atoms with Crippen molar-refractivity contribution < 1.29 is 17.9 Å². The summed E-state index contributed by atoms with van der Waals surface area (Å²) >= 11 is 0. The number of aromatic nitrogens is 3. The maximum Gasteiger partial charge on any atom is 0.410 e. The fourth-order valence-corrected chi connectivity index (χ4v) is 7.25. The van der Waals surface area contributed by atoms with Crippen molar-refractivity contribution in [2.24, 2.45) is 13.0 Å². The van der Waals surface area contributed by atoms with E-state index in [1.807, 2.05) is 0 Å². The number of rotatable bonds is 15. The molecule has 1 aromatic heterocycles. The van der Waals surface area contributed by atoms with E-state index in [-0.39, 0.29) is 24.5 Å². The third-order valence-electron chi connectivity index (χ3n) is 8.61. The van der Waals surface area contributed by atoms with Gasteiger partial charge in [-0.15, -0.1) is 0 Å². The van der Waals surface area contributed by atoms with E-state index in [2.05, 4.69) is 33.6 Å². The lowest BCUT2D eigenvalue weighted by Gasteiger charge is -2.30. The summed E-state index contributed by atoms with van der Waals surface area (Å²) in [4.78, 5) is 21.3. The number of sulfonamides is 1. The second-order valence-electron chi connectivity index (χ2n) is 11.4. The van der Waals surface area contributed by atoms with Crippen LogP contribution in [0.1, 0.15) is 115 Å². The highest BCUT2D eigenvalue weighted by Gasteiger charge is 2.27. The molecule has 1 aromatic rings. The van der Waals surface area contributed by atoms with E-state index in [1.165, 1.54) is 38.5 Å². The molecule has 2 saturated carbocycles. The van der Waals surface area contributed by atoms with E-state index in [0.29, 0.717) is 30.4 Å². The molecule has 1 heterocycles. The standard InChI is InChI=1S/C28H52N6O4S/c1-5-34(6-2)20-13-21-39(36,37)31-25(19-18-23-14-9-7-10-15-23)27-29-26(33(4)30-27)22-38-28(35)32(3)24-16-11-8-12-17-24/h23-25,31H,5-22H2,1-4H3/t25-/m1/s1. The molecule has 2 fully saturated rings. The Bertz CT molecular complexity index is 969. The van der Waals surface area contributed by atoms with Crippen LogP contribution in [0.4, 0.5) is 4.79 Å². The van der Waals surface area contributed by atoms with E-state index >= 15 is 0 Å². The number of nitrogens with one attached hydrogen (secondary N) is 1. The van der Waals surface area contributed by atoms with Crippen molar-refractivity contribution in [3.63, 3.8) is 0 Å². The zero-order valence-corrected chi connectivity index (χ0v) is 25.6. The van der Waals surface area contributed by atoms with Gasteiger partial charge in [0.25, 0.3) is 0 Å². The zero-order valence-electron chi connectivity index (χ0n) is 24.7. The number of carbonyl (C=O) groups is 1. The van der Waals surface area contributed by atoms with Gasteiger partial charge in [-0.3, -0.25) is 0 Å². The number of aryl methyl sites for hydroxylation is 1. The van der Waals surface area contributed by atoms with Crippen LogP contribution in [-0.2, 0) is 28.4 Å². The van der Waals surface area contributed by atoms with Crippen LogP contribution < -0.4 is 4.72 Å². The number of hydrogen-bond donors (Lipinski definition) is 1. The summed E-state index contributed by atoms with van der Waals surface area (Å²) in [7, 11) is 0.0625. The molecule has 10 nitrogen and oxygen atoms in total. The van der Waals surface area contributed by atoms with Crippen LogP contribution in [0, 0.1) is 5.92 Å². The van der Waals surface area contributed by atoms with Crippen molar-refractivity contribution in [1.82, 2.24) is 29.3 Å². The molecule has 0 bridgehead atoms. The van der Waals surface area contributed by atoms with Crippen LogP contribution in [0.5, 0.6) is 0 Å². The number of nitrogens with zero attached hydrogens (tertiary/aromatic N) is 5. The fourth-order valence-electron chi connectivity index (χ4n) is 5.97. The van der Waals surface area contributed by atoms with Crippen molar-refractivity contribution in [2.75, 3.05) is 32.4 Å². The first-order valence-corrected chi connectivity index (χ1v) is 16.9. The van der Waals surface area contributed by atoms with Crippen LogP contribution >= 0.6 is 0 Å². The third-order valence-corrected chi connectivity index (χ3v) is 10.1. The van der Waals surface area contributed by atoms with Crippen LogP contribution in [0.3, 0.4) is 0 Å². The predicted molar refractivity (Wildman–Crippen MR) is 154 cm³/mol. The number of carbonyl (C=O) groups excluding carboxylic acids is 1. The first kappa shape index (κ1) is 31.8. The van der Waals surface area contributed by atoms with Crippen LogP contribution in [0.25, 0.3) is 0 Å². The van der Waals surface area contributed by atoms with Gasteiger partial charge in [0.1, 0.15) is 0 Å². The molecule has 224 valence electrons. The lowest BCUT2D eigenvalue weighted by molar-refractivity contribution is 0.0807. The second-order valence-corrected chi connectivity index (χ2v) is 13.3. The molecule has 3 rings (SSSR count). The summed E-state index contributed by atoms with van der Waals surface area (Å²) in [6.07, 6.45) is 13.6. The van der Waals surface area contributed by atoms with Crippen molar-refractivity contribution in [2.45, 2.75) is 116 Å². The largest absolute Gasteiger partial charge is 0.441 e. The average Bonchev–Trinajstić information content (AvgIpc) is 3.32. The Labute approximate surface area is 236 Å². The van der Waals surface area contributed by atoms with Gasteiger partial charge in [-0.05, 0) is 57.7 Å². The highest BCUT2D eigenvalue weighted by molar-refractivity contribution is 7.89. The number of amides is 1. The molecule has 0 unspecified atom stereocenters. The van der Waals surface area contributed by atoms with Gasteiger partial charge in [0.15, 0.2) is 18.3 Å². The quantitative estimate of drug-likeness (QED) is 0.325. The number of ether oxygens (including phenoxy) is 1. The van der Waals surface area contributed by atoms with Gasteiger partial charge in [0, 0.05) is 20.1 Å². The highest BCUT2D eigenvalue weighted by atomic mass is 32.2.